The molecule has 76 valence electrons. The van der Waals surface area contributed by atoms with Gasteiger partial charge in [0.05, 0.1) is 0 Å². The van der Waals surface area contributed by atoms with Gasteiger partial charge in [-0.15, -0.1) is 0 Å². The van der Waals surface area contributed by atoms with E-state index in [2.05, 4.69) is 35.9 Å². The Labute approximate surface area is 98.4 Å². The standard InChI is InChI=1S/C11H15OSSe/c1-4-13-8(2)9-6-5-7-10(12-3)11(9)14/h5-8H,4H2,1-3H3/q+1/t8-/m1/s1. The van der Waals surface area contributed by atoms with E-state index in [-0.39, 0.29) is 0 Å². The SMILES string of the molecule is CCS[C@H](C)c1cccc(OC)c1[Se+]. The first kappa shape index (κ1) is 12.0. The molecule has 0 aromatic heterocycles. The quantitative estimate of drug-likeness (QED) is 0.779. The third kappa shape index (κ3) is 2.69. The summed E-state index contributed by atoms with van der Waals surface area (Å²) in [5, 5.41) is 0.520. The first-order chi connectivity index (χ1) is 6.70. The zero-order valence-electron chi connectivity index (χ0n) is 8.74. The van der Waals surface area contributed by atoms with Crippen molar-refractivity contribution in [1.29, 1.82) is 0 Å². The molecular weight excluding hydrogens is 259 g/mol. The fraction of sp³-hybridized carbons (Fsp3) is 0.455. The van der Waals surface area contributed by atoms with Crippen molar-refractivity contribution in [3.63, 3.8) is 0 Å². The van der Waals surface area contributed by atoms with Gasteiger partial charge in [-0.2, -0.15) is 0 Å². The second kappa shape index (κ2) is 5.69. The van der Waals surface area contributed by atoms with Crippen LogP contribution in [0.4, 0.5) is 0 Å². The summed E-state index contributed by atoms with van der Waals surface area (Å²) in [7, 11) is 1.71. The zero-order valence-corrected chi connectivity index (χ0v) is 11.3. The molecule has 0 bridgehead atoms. The summed E-state index contributed by atoms with van der Waals surface area (Å²) in [5.74, 6) is 2.07. The predicted molar refractivity (Wildman–Crippen MR) is 64.9 cm³/mol. The van der Waals surface area contributed by atoms with Gasteiger partial charge in [0.2, 0.25) is 0 Å². The van der Waals surface area contributed by atoms with Crippen molar-refractivity contribution in [2.75, 3.05) is 12.9 Å². The number of benzene rings is 1. The Morgan fingerprint density at radius 2 is 2.21 bits per heavy atom. The Balaban J connectivity index is 2.96. The van der Waals surface area contributed by atoms with Gasteiger partial charge >= 0.3 is 98.4 Å². The summed E-state index contributed by atoms with van der Waals surface area (Å²) in [6.45, 7) is 4.41. The molecule has 1 rings (SSSR count). The fourth-order valence-electron chi connectivity index (χ4n) is 1.35. The first-order valence-electron chi connectivity index (χ1n) is 4.66. The Morgan fingerprint density at radius 3 is 2.79 bits per heavy atom. The van der Waals surface area contributed by atoms with E-state index in [0.29, 0.717) is 5.25 Å². The number of hydrogen-bond acceptors (Lipinski definition) is 2. The van der Waals surface area contributed by atoms with Crippen molar-refractivity contribution in [2.45, 2.75) is 19.1 Å². The van der Waals surface area contributed by atoms with E-state index in [4.69, 9.17) is 4.74 Å². The summed E-state index contributed by atoms with van der Waals surface area (Å²) >= 11 is 5.03. The minimum atomic E-state index is 0.520. The normalized spacial score (nSPS) is 12.5. The van der Waals surface area contributed by atoms with Crippen molar-refractivity contribution >= 4 is 32.2 Å². The summed E-state index contributed by atoms with van der Waals surface area (Å²) in [6.07, 6.45) is 0. The Hall–Kier alpha value is -0.111. The van der Waals surface area contributed by atoms with E-state index in [1.165, 1.54) is 5.56 Å². The van der Waals surface area contributed by atoms with Crippen molar-refractivity contribution in [3.8, 4) is 5.75 Å². The van der Waals surface area contributed by atoms with Crippen LogP contribution in [0.3, 0.4) is 0 Å². The molecule has 2 radical (unpaired) electrons. The molecule has 14 heavy (non-hydrogen) atoms. The van der Waals surface area contributed by atoms with E-state index < -0.39 is 0 Å². The van der Waals surface area contributed by atoms with E-state index in [9.17, 15) is 0 Å². The van der Waals surface area contributed by atoms with Gasteiger partial charge in [-0.1, -0.05) is 0 Å². The molecule has 1 atom stereocenters. The van der Waals surface area contributed by atoms with Crippen LogP contribution in [0, 0.1) is 0 Å². The number of rotatable bonds is 4. The molecule has 1 aromatic carbocycles. The maximum absolute atomic E-state index is 5.27. The first-order valence-corrected chi connectivity index (χ1v) is 6.56. The number of ether oxygens (including phenoxy) is 1. The average Bonchev–Trinajstić information content (AvgIpc) is 2.18. The number of hydrogen-bond donors (Lipinski definition) is 0. The molecule has 0 aliphatic carbocycles. The topological polar surface area (TPSA) is 9.23 Å². The predicted octanol–water partition coefficient (Wildman–Crippen LogP) is 2.30. The monoisotopic (exact) mass is 275 g/mol. The third-order valence-electron chi connectivity index (χ3n) is 2.08. The summed E-state index contributed by atoms with van der Waals surface area (Å²) < 4.78 is 6.42. The number of methoxy groups -OCH3 is 1. The minimum absolute atomic E-state index is 0.520. The second-order valence-corrected chi connectivity index (χ2v) is 5.45. The Kier molecular flexibility index (Phi) is 4.86. The molecule has 0 fully saturated rings. The van der Waals surface area contributed by atoms with Crippen LogP contribution >= 0.6 is 11.8 Å². The Morgan fingerprint density at radius 1 is 1.50 bits per heavy atom. The molecule has 0 amide bonds. The molecule has 0 spiro atoms. The van der Waals surface area contributed by atoms with Crippen LogP contribution in [0.5, 0.6) is 5.75 Å². The van der Waals surface area contributed by atoms with Crippen molar-refractivity contribution in [2.24, 2.45) is 0 Å². The van der Waals surface area contributed by atoms with Gasteiger partial charge in [0.1, 0.15) is 0 Å². The Bertz CT molecular complexity index is 301. The van der Waals surface area contributed by atoms with Crippen LogP contribution in [0.15, 0.2) is 18.2 Å². The summed E-state index contributed by atoms with van der Waals surface area (Å²) in [4.78, 5) is 0. The average molecular weight is 274 g/mol. The second-order valence-electron chi connectivity index (χ2n) is 2.98. The van der Waals surface area contributed by atoms with Crippen molar-refractivity contribution < 1.29 is 4.74 Å². The summed E-state index contributed by atoms with van der Waals surface area (Å²) in [5.41, 5.74) is 1.33. The van der Waals surface area contributed by atoms with Gasteiger partial charge in [0, 0.05) is 0 Å². The van der Waals surface area contributed by atoms with Crippen LogP contribution in [0.25, 0.3) is 0 Å². The van der Waals surface area contributed by atoms with Gasteiger partial charge in [-0.05, 0) is 0 Å². The summed E-state index contributed by atoms with van der Waals surface area (Å²) in [6, 6.07) is 6.18. The van der Waals surface area contributed by atoms with Crippen molar-refractivity contribution in [1.82, 2.24) is 0 Å². The zero-order chi connectivity index (χ0) is 10.6. The molecule has 0 saturated heterocycles. The van der Waals surface area contributed by atoms with Crippen molar-refractivity contribution in [3.05, 3.63) is 23.8 Å². The van der Waals surface area contributed by atoms with Gasteiger partial charge in [0.25, 0.3) is 0 Å². The van der Waals surface area contributed by atoms with Gasteiger partial charge in [-0.3, -0.25) is 0 Å². The molecular formula is C11H15OSSe+. The molecule has 1 nitrogen and oxygen atoms in total. The van der Waals surface area contributed by atoms with Gasteiger partial charge < -0.3 is 0 Å². The molecule has 0 aliphatic heterocycles. The molecule has 3 heteroatoms. The van der Waals surface area contributed by atoms with Gasteiger partial charge in [-0.25, -0.2) is 0 Å². The van der Waals surface area contributed by atoms with E-state index in [0.717, 1.165) is 16.0 Å². The van der Waals surface area contributed by atoms with E-state index >= 15 is 0 Å². The van der Waals surface area contributed by atoms with Crippen LogP contribution in [-0.2, 0) is 0 Å². The maximum atomic E-state index is 5.27. The van der Waals surface area contributed by atoms with Gasteiger partial charge in [0.15, 0.2) is 0 Å². The van der Waals surface area contributed by atoms with Crippen LogP contribution < -0.4 is 9.20 Å². The molecule has 1 aromatic rings. The van der Waals surface area contributed by atoms with Crippen LogP contribution in [-0.4, -0.2) is 28.9 Å². The van der Waals surface area contributed by atoms with Crippen LogP contribution in [0.1, 0.15) is 24.7 Å². The third-order valence-corrected chi connectivity index (χ3v) is 4.09. The van der Waals surface area contributed by atoms with E-state index in [1.807, 2.05) is 23.9 Å². The number of thioether (sulfide) groups is 1. The fourth-order valence-corrected chi connectivity index (χ4v) is 3.23. The molecule has 0 unspecified atom stereocenters. The molecule has 0 saturated carbocycles. The van der Waals surface area contributed by atoms with Crippen LogP contribution in [0.2, 0.25) is 0 Å². The van der Waals surface area contributed by atoms with E-state index in [1.54, 1.807) is 7.11 Å². The molecule has 0 heterocycles. The molecule has 0 aliphatic rings. The molecule has 0 N–H and O–H groups in total.